The number of hydrogen-bond acceptors (Lipinski definition) is 5. The summed E-state index contributed by atoms with van der Waals surface area (Å²) in [6.45, 7) is 0.406. The zero-order valence-electron chi connectivity index (χ0n) is 8.86. The lowest BCUT2D eigenvalue weighted by Crippen LogP contribution is -2.42. The third-order valence-corrected chi connectivity index (χ3v) is 2.23. The molecule has 0 atom stereocenters. The van der Waals surface area contributed by atoms with E-state index in [9.17, 15) is 9.59 Å². The van der Waals surface area contributed by atoms with E-state index < -0.39 is 11.8 Å². The molecule has 2 rings (SSSR count). The molecular formula is C10H11N3O4. The summed E-state index contributed by atoms with van der Waals surface area (Å²) in [4.78, 5) is 21.9. The second-order valence-corrected chi connectivity index (χ2v) is 3.34. The maximum absolute atomic E-state index is 11.1. The van der Waals surface area contributed by atoms with Gasteiger partial charge in [0, 0.05) is 6.54 Å². The van der Waals surface area contributed by atoms with Gasteiger partial charge in [-0.15, -0.1) is 0 Å². The quantitative estimate of drug-likeness (QED) is 0.265. The van der Waals surface area contributed by atoms with Gasteiger partial charge in [-0.25, -0.2) is 5.84 Å². The first-order valence-electron chi connectivity index (χ1n) is 4.88. The van der Waals surface area contributed by atoms with E-state index in [0.29, 0.717) is 11.5 Å². The molecule has 0 aromatic heterocycles. The Labute approximate surface area is 96.8 Å². The molecule has 0 saturated heterocycles. The molecule has 7 heteroatoms. The van der Waals surface area contributed by atoms with Crippen LogP contribution in [0.2, 0.25) is 0 Å². The molecule has 1 aromatic carbocycles. The molecule has 0 aliphatic carbocycles. The molecule has 90 valence electrons. The smallest absolute Gasteiger partial charge is 0.323 e. The number of carbonyl (C=O) groups excluding carboxylic acids is 2. The summed E-state index contributed by atoms with van der Waals surface area (Å²) in [5.41, 5.74) is 2.55. The first kappa shape index (κ1) is 11.2. The topological polar surface area (TPSA) is 103 Å². The Morgan fingerprint density at radius 1 is 1.24 bits per heavy atom. The number of rotatable bonds is 2. The maximum atomic E-state index is 11.1. The van der Waals surface area contributed by atoms with Crippen molar-refractivity contribution in [2.75, 3.05) is 6.79 Å². The zero-order chi connectivity index (χ0) is 12.3. The average Bonchev–Trinajstić information content (AvgIpc) is 2.82. The van der Waals surface area contributed by atoms with Crippen LogP contribution in [0.4, 0.5) is 0 Å². The van der Waals surface area contributed by atoms with Crippen LogP contribution in [0.15, 0.2) is 18.2 Å². The zero-order valence-corrected chi connectivity index (χ0v) is 8.86. The summed E-state index contributed by atoms with van der Waals surface area (Å²) in [6, 6.07) is 5.25. The number of nitrogens with one attached hydrogen (secondary N) is 2. The van der Waals surface area contributed by atoms with E-state index in [0.717, 1.165) is 5.56 Å². The van der Waals surface area contributed by atoms with Gasteiger partial charge in [-0.3, -0.25) is 15.0 Å². The van der Waals surface area contributed by atoms with Crippen molar-refractivity contribution in [1.29, 1.82) is 0 Å². The Morgan fingerprint density at radius 2 is 2.00 bits per heavy atom. The lowest BCUT2D eigenvalue weighted by Gasteiger charge is -2.05. The minimum Gasteiger partial charge on any atom is -0.454 e. The molecule has 7 nitrogen and oxygen atoms in total. The minimum absolute atomic E-state index is 0.195. The third kappa shape index (κ3) is 2.45. The van der Waals surface area contributed by atoms with E-state index in [1.165, 1.54) is 0 Å². The van der Waals surface area contributed by atoms with Gasteiger partial charge in [-0.1, -0.05) is 6.07 Å². The van der Waals surface area contributed by atoms with Crippen LogP contribution in [-0.4, -0.2) is 18.6 Å². The van der Waals surface area contributed by atoms with Crippen LogP contribution in [0.1, 0.15) is 5.56 Å². The predicted octanol–water partition coefficient (Wildman–Crippen LogP) is -0.979. The van der Waals surface area contributed by atoms with Crippen molar-refractivity contribution in [1.82, 2.24) is 10.7 Å². The van der Waals surface area contributed by atoms with Gasteiger partial charge in [0.15, 0.2) is 11.5 Å². The summed E-state index contributed by atoms with van der Waals surface area (Å²) < 4.78 is 10.3. The predicted molar refractivity (Wildman–Crippen MR) is 56.7 cm³/mol. The molecule has 0 unspecified atom stereocenters. The highest BCUT2D eigenvalue weighted by Gasteiger charge is 2.14. The van der Waals surface area contributed by atoms with E-state index in [1.807, 2.05) is 0 Å². The van der Waals surface area contributed by atoms with E-state index in [1.54, 1.807) is 23.6 Å². The fourth-order valence-corrected chi connectivity index (χ4v) is 1.38. The van der Waals surface area contributed by atoms with Crippen molar-refractivity contribution >= 4 is 11.8 Å². The molecular weight excluding hydrogens is 226 g/mol. The number of amides is 2. The molecule has 1 aliphatic heterocycles. The lowest BCUT2D eigenvalue weighted by molar-refractivity contribution is -0.139. The van der Waals surface area contributed by atoms with Crippen LogP contribution in [0.3, 0.4) is 0 Å². The number of ether oxygens (including phenoxy) is 2. The van der Waals surface area contributed by atoms with Gasteiger partial charge in [0.2, 0.25) is 6.79 Å². The molecule has 1 aliphatic rings. The van der Waals surface area contributed by atoms with Crippen molar-refractivity contribution in [3.8, 4) is 11.5 Å². The molecule has 0 fully saturated rings. The van der Waals surface area contributed by atoms with Gasteiger partial charge in [0.1, 0.15) is 0 Å². The Morgan fingerprint density at radius 3 is 2.76 bits per heavy atom. The number of fused-ring (bicyclic) bond motifs is 1. The highest BCUT2D eigenvalue weighted by Crippen LogP contribution is 2.32. The summed E-state index contributed by atoms with van der Waals surface area (Å²) in [5, 5.41) is 2.41. The van der Waals surface area contributed by atoms with Crippen LogP contribution in [0, 0.1) is 0 Å². The first-order valence-corrected chi connectivity index (χ1v) is 4.88. The summed E-state index contributed by atoms with van der Waals surface area (Å²) in [6.07, 6.45) is 0. The lowest BCUT2D eigenvalue weighted by atomic mass is 10.2. The van der Waals surface area contributed by atoms with Gasteiger partial charge in [-0.05, 0) is 17.7 Å². The third-order valence-electron chi connectivity index (χ3n) is 2.23. The van der Waals surface area contributed by atoms with E-state index >= 15 is 0 Å². The molecule has 1 heterocycles. The van der Waals surface area contributed by atoms with Gasteiger partial charge in [0.05, 0.1) is 0 Å². The number of nitrogens with two attached hydrogens (primary N) is 1. The molecule has 0 radical (unpaired) electrons. The molecule has 4 N–H and O–H groups in total. The average molecular weight is 237 g/mol. The summed E-state index contributed by atoms with van der Waals surface area (Å²) in [5.74, 6) is 4.44. The minimum atomic E-state index is -0.884. The highest BCUT2D eigenvalue weighted by atomic mass is 16.7. The Bertz CT molecular complexity index is 461. The van der Waals surface area contributed by atoms with Crippen molar-refractivity contribution < 1.29 is 19.1 Å². The second kappa shape index (κ2) is 4.71. The Hall–Kier alpha value is -2.28. The van der Waals surface area contributed by atoms with Crippen LogP contribution < -0.4 is 26.1 Å². The monoisotopic (exact) mass is 237 g/mol. The molecule has 2 amide bonds. The summed E-state index contributed by atoms with van der Waals surface area (Å²) >= 11 is 0. The normalized spacial score (nSPS) is 12.1. The van der Waals surface area contributed by atoms with Crippen LogP contribution in [0.25, 0.3) is 0 Å². The van der Waals surface area contributed by atoms with Gasteiger partial charge < -0.3 is 14.8 Å². The van der Waals surface area contributed by atoms with Gasteiger partial charge in [0.25, 0.3) is 0 Å². The van der Waals surface area contributed by atoms with Crippen LogP contribution in [-0.2, 0) is 16.1 Å². The van der Waals surface area contributed by atoms with E-state index in [4.69, 9.17) is 15.3 Å². The largest absolute Gasteiger partial charge is 0.454 e. The molecule has 0 spiro atoms. The summed E-state index contributed by atoms with van der Waals surface area (Å²) in [7, 11) is 0. The molecule has 1 aromatic rings. The fourth-order valence-electron chi connectivity index (χ4n) is 1.38. The van der Waals surface area contributed by atoms with Crippen molar-refractivity contribution in [3.63, 3.8) is 0 Å². The second-order valence-electron chi connectivity index (χ2n) is 3.34. The maximum Gasteiger partial charge on any atom is 0.323 e. The molecule has 0 bridgehead atoms. The van der Waals surface area contributed by atoms with E-state index in [2.05, 4.69) is 5.32 Å². The van der Waals surface area contributed by atoms with Crippen LogP contribution >= 0.6 is 0 Å². The first-order chi connectivity index (χ1) is 8.20. The number of carbonyl (C=O) groups is 2. The Kier molecular flexibility index (Phi) is 3.10. The van der Waals surface area contributed by atoms with Crippen molar-refractivity contribution in [2.45, 2.75) is 6.54 Å². The Balaban J connectivity index is 1.96. The number of hydrazine groups is 1. The standard InChI is InChI=1S/C10H11N3O4/c11-13-10(15)9(14)12-4-6-1-2-7-8(3-6)17-5-16-7/h1-3H,4-5,11H2,(H,12,14)(H,13,15). The van der Waals surface area contributed by atoms with Crippen LogP contribution in [0.5, 0.6) is 11.5 Å². The van der Waals surface area contributed by atoms with Gasteiger partial charge in [-0.2, -0.15) is 0 Å². The number of hydrogen-bond donors (Lipinski definition) is 3. The van der Waals surface area contributed by atoms with Gasteiger partial charge >= 0.3 is 11.8 Å². The fraction of sp³-hybridized carbons (Fsp3) is 0.200. The SMILES string of the molecule is NNC(=O)C(=O)NCc1ccc2c(c1)OCO2. The highest BCUT2D eigenvalue weighted by molar-refractivity contribution is 6.34. The number of benzene rings is 1. The van der Waals surface area contributed by atoms with Crippen molar-refractivity contribution in [2.24, 2.45) is 5.84 Å². The molecule has 0 saturated carbocycles. The molecule has 17 heavy (non-hydrogen) atoms. The van der Waals surface area contributed by atoms with E-state index in [-0.39, 0.29) is 13.3 Å². The van der Waals surface area contributed by atoms with Crippen molar-refractivity contribution in [3.05, 3.63) is 23.8 Å².